The zero-order valence-corrected chi connectivity index (χ0v) is 17.2. The second-order valence-electron chi connectivity index (χ2n) is 7.82. The van der Waals surface area contributed by atoms with Gasteiger partial charge in [-0.1, -0.05) is 39.0 Å². The Morgan fingerprint density at radius 1 is 1.14 bits per heavy atom. The number of carbonyl (C=O) groups is 2. The molecule has 0 fully saturated rings. The standard InChI is InChI=1S/C22H30N4O2/c1-5-15(4)23-21(27)19-18-12-8-9-13-26(18)20(25-19)22(28)24-17-11-7-6-10-16(17)14(2)3/h6-7,10-11,14-15H,5,8-9,12-13H2,1-4H3,(H,23,27)(H,24,28). The molecular weight excluding hydrogens is 352 g/mol. The van der Waals surface area contributed by atoms with E-state index in [2.05, 4.69) is 29.5 Å². The summed E-state index contributed by atoms with van der Waals surface area (Å²) in [7, 11) is 0. The van der Waals surface area contributed by atoms with Crippen LogP contribution in [0.25, 0.3) is 0 Å². The lowest BCUT2D eigenvalue weighted by atomic mass is 10.0. The van der Waals surface area contributed by atoms with Crippen LogP contribution in [0.4, 0.5) is 5.69 Å². The van der Waals surface area contributed by atoms with Gasteiger partial charge in [0.2, 0.25) is 0 Å². The number of anilines is 1. The number of amides is 2. The SMILES string of the molecule is CCC(C)NC(=O)c1nc(C(=O)Nc2ccccc2C(C)C)n2c1CCCC2. The van der Waals surface area contributed by atoms with Crippen LogP contribution in [-0.4, -0.2) is 27.4 Å². The molecule has 2 N–H and O–H groups in total. The topological polar surface area (TPSA) is 76.0 Å². The second kappa shape index (κ2) is 8.59. The molecule has 3 rings (SSSR count). The average molecular weight is 383 g/mol. The summed E-state index contributed by atoms with van der Waals surface area (Å²) in [5.74, 6) is 0.158. The molecule has 0 saturated carbocycles. The van der Waals surface area contributed by atoms with Crippen LogP contribution < -0.4 is 10.6 Å². The van der Waals surface area contributed by atoms with Crippen molar-refractivity contribution in [1.29, 1.82) is 0 Å². The van der Waals surface area contributed by atoms with Gasteiger partial charge in [-0.2, -0.15) is 0 Å². The van der Waals surface area contributed by atoms with Gasteiger partial charge >= 0.3 is 0 Å². The average Bonchev–Trinajstić information content (AvgIpc) is 3.08. The van der Waals surface area contributed by atoms with E-state index in [0.717, 1.165) is 42.6 Å². The van der Waals surface area contributed by atoms with Crippen molar-refractivity contribution in [1.82, 2.24) is 14.9 Å². The van der Waals surface area contributed by atoms with Gasteiger partial charge in [0.05, 0.1) is 5.69 Å². The highest BCUT2D eigenvalue weighted by molar-refractivity contribution is 6.04. The van der Waals surface area contributed by atoms with Crippen LogP contribution in [-0.2, 0) is 13.0 Å². The lowest BCUT2D eigenvalue weighted by Crippen LogP contribution is -2.33. The molecule has 0 aliphatic carbocycles. The van der Waals surface area contributed by atoms with Crippen LogP contribution in [0.15, 0.2) is 24.3 Å². The quantitative estimate of drug-likeness (QED) is 0.789. The fourth-order valence-electron chi connectivity index (χ4n) is 3.58. The van der Waals surface area contributed by atoms with Crippen molar-refractivity contribution in [2.24, 2.45) is 0 Å². The fraction of sp³-hybridized carbons (Fsp3) is 0.500. The molecule has 1 aromatic heterocycles. The zero-order valence-electron chi connectivity index (χ0n) is 17.2. The summed E-state index contributed by atoms with van der Waals surface area (Å²) in [5, 5.41) is 5.98. The molecule has 1 aliphatic heterocycles. The summed E-state index contributed by atoms with van der Waals surface area (Å²) in [4.78, 5) is 30.2. The molecule has 2 amide bonds. The third kappa shape index (κ3) is 4.11. The van der Waals surface area contributed by atoms with Crippen molar-refractivity contribution in [3.05, 3.63) is 47.0 Å². The number of hydrogen-bond acceptors (Lipinski definition) is 3. The van der Waals surface area contributed by atoms with E-state index in [9.17, 15) is 9.59 Å². The van der Waals surface area contributed by atoms with Gasteiger partial charge in [-0.15, -0.1) is 0 Å². The molecule has 6 heteroatoms. The van der Waals surface area contributed by atoms with E-state index in [0.29, 0.717) is 24.0 Å². The number of rotatable bonds is 6. The van der Waals surface area contributed by atoms with Crippen molar-refractivity contribution in [3.8, 4) is 0 Å². The summed E-state index contributed by atoms with van der Waals surface area (Å²) < 4.78 is 1.92. The number of carbonyl (C=O) groups excluding carboxylic acids is 2. The normalized spacial score (nSPS) is 14.5. The number of benzene rings is 1. The highest BCUT2D eigenvalue weighted by Crippen LogP contribution is 2.26. The van der Waals surface area contributed by atoms with Gasteiger partial charge in [0.1, 0.15) is 5.69 Å². The summed E-state index contributed by atoms with van der Waals surface area (Å²) in [6.07, 6.45) is 3.61. The molecule has 6 nitrogen and oxygen atoms in total. The molecule has 0 saturated heterocycles. The highest BCUT2D eigenvalue weighted by Gasteiger charge is 2.28. The Bertz CT molecular complexity index is 869. The molecule has 2 aromatic rings. The Morgan fingerprint density at radius 2 is 1.89 bits per heavy atom. The number of para-hydroxylation sites is 1. The maximum atomic E-state index is 13.0. The summed E-state index contributed by atoms with van der Waals surface area (Å²) >= 11 is 0. The molecule has 2 heterocycles. The van der Waals surface area contributed by atoms with E-state index in [1.54, 1.807) is 0 Å². The summed E-state index contributed by atoms with van der Waals surface area (Å²) in [6, 6.07) is 7.88. The van der Waals surface area contributed by atoms with Crippen LogP contribution in [0.2, 0.25) is 0 Å². The lowest BCUT2D eigenvalue weighted by molar-refractivity contribution is 0.0933. The Kier molecular flexibility index (Phi) is 6.17. The third-order valence-electron chi connectivity index (χ3n) is 5.36. The van der Waals surface area contributed by atoms with Crippen molar-refractivity contribution < 1.29 is 9.59 Å². The Labute approximate surface area is 166 Å². The minimum absolute atomic E-state index is 0.0728. The lowest BCUT2D eigenvalue weighted by Gasteiger charge is -2.18. The molecule has 150 valence electrons. The maximum Gasteiger partial charge on any atom is 0.291 e. The smallest absolute Gasteiger partial charge is 0.291 e. The van der Waals surface area contributed by atoms with Gasteiger partial charge in [-0.25, -0.2) is 4.98 Å². The van der Waals surface area contributed by atoms with E-state index in [1.807, 2.05) is 42.7 Å². The van der Waals surface area contributed by atoms with Crippen LogP contribution in [0.1, 0.15) is 85.2 Å². The number of nitrogens with zero attached hydrogens (tertiary/aromatic N) is 2. The molecular formula is C22H30N4O2. The van der Waals surface area contributed by atoms with Gasteiger partial charge < -0.3 is 15.2 Å². The van der Waals surface area contributed by atoms with Gasteiger partial charge in [0, 0.05) is 18.3 Å². The molecule has 28 heavy (non-hydrogen) atoms. The predicted molar refractivity (Wildman–Crippen MR) is 111 cm³/mol. The van der Waals surface area contributed by atoms with E-state index in [4.69, 9.17) is 0 Å². The van der Waals surface area contributed by atoms with E-state index < -0.39 is 0 Å². The monoisotopic (exact) mass is 382 g/mol. The molecule has 1 aromatic carbocycles. The first-order valence-corrected chi connectivity index (χ1v) is 10.2. The Hall–Kier alpha value is -2.63. The van der Waals surface area contributed by atoms with Gasteiger partial charge in [-0.05, 0) is 50.2 Å². The molecule has 0 spiro atoms. The van der Waals surface area contributed by atoms with Gasteiger partial charge in [-0.3, -0.25) is 9.59 Å². The van der Waals surface area contributed by atoms with E-state index in [-0.39, 0.29) is 17.9 Å². The third-order valence-corrected chi connectivity index (χ3v) is 5.36. The van der Waals surface area contributed by atoms with E-state index >= 15 is 0 Å². The zero-order chi connectivity index (χ0) is 20.3. The minimum Gasteiger partial charge on any atom is -0.348 e. The largest absolute Gasteiger partial charge is 0.348 e. The first-order chi connectivity index (χ1) is 13.4. The first-order valence-electron chi connectivity index (χ1n) is 10.2. The fourth-order valence-corrected chi connectivity index (χ4v) is 3.58. The molecule has 0 bridgehead atoms. The maximum absolute atomic E-state index is 13.0. The van der Waals surface area contributed by atoms with E-state index in [1.165, 1.54) is 0 Å². The Morgan fingerprint density at radius 3 is 2.61 bits per heavy atom. The van der Waals surface area contributed by atoms with Crippen molar-refractivity contribution >= 4 is 17.5 Å². The first kappa shape index (κ1) is 20.1. The van der Waals surface area contributed by atoms with Crippen molar-refractivity contribution in [3.63, 3.8) is 0 Å². The van der Waals surface area contributed by atoms with Crippen molar-refractivity contribution in [2.75, 3.05) is 5.32 Å². The highest BCUT2D eigenvalue weighted by atomic mass is 16.2. The molecule has 1 atom stereocenters. The second-order valence-corrected chi connectivity index (χ2v) is 7.82. The van der Waals surface area contributed by atoms with Crippen LogP contribution >= 0.6 is 0 Å². The number of nitrogens with one attached hydrogen (secondary N) is 2. The van der Waals surface area contributed by atoms with Crippen molar-refractivity contribution in [2.45, 2.75) is 71.9 Å². The van der Waals surface area contributed by atoms with Crippen LogP contribution in [0.5, 0.6) is 0 Å². The molecule has 0 radical (unpaired) electrons. The van der Waals surface area contributed by atoms with Gasteiger partial charge in [0.15, 0.2) is 5.82 Å². The number of imidazole rings is 1. The summed E-state index contributed by atoms with van der Waals surface area (Å²) in [6.45, 7) is 8.91. The number of aromatic nitrogens is 2. The predicted octanol–water partition coefficient (Wildman–Crippen LogP) is 4.12. The summed E-state index contributed by atoms with van der Waals surface area (Å²) in [5.41, 5.74) is 3.13. The van der Waals surface area contributed by atoms with Crippen LogP contribution in [0, 0.1) is 0 Å². The van der Waals surface area contributed by atoms with Gasteiger partial charge in [0.25, 0.3) is 11.8 Å². The molecule has 1 unspecified atom stereocenters. The number of hydrogen-bond donors (Lipinski definition) is 2. The molecule has 1 aliphatic rings. The number of fused-ring (bicyclic) bond motifs is 1. The van der Waals surface area contributed by atoms with Crippen LogP contribution in [0.3, 0.4) is 0 Å². The minimum atomic E-state index is -0.265. The Balaban J connectivity index is 1.92.